The first kappa shape index (κ1) is 11.1. The van der Waals surface area contributed by atoms with Gasteiger partial charge in [0.05, 0.1) is 0 Å². The molecule has 2 aromatic rings. The summed E-state index contributed by atoms with van der Waals surface area (Å²) < 4.78 is 1.42. The molecule has 1 unspecified atom stereocenters. The molecule has 2 rings (SSSR count). The summed E-state index contributed by atoms with van der Waals surface area (Å²) in [4.78, 5) is 0. The molecular formula is C9H14N6S. The number of aromatic nitrogens is 5. The molecule has 1 atom stereocenters. The Morgan fingerprint density at radius 1 is 1.50 bits per heavy atom. The van der Waals surface area contributed by atoms with Crippen molar-refractivity contribution in [2.75, 3.05) is 17.3 Å². The van der Waals surface area contributed by atoms with Gasteiger partial charge in [0.2, 0.25) is 0 Å². The van der Waals surface area contributed by atoms with Gasteiger partial charge in [-0.3, -0.25) is 0 Å². The van der Waals surface area contributed by atoms with Crippen LogP contribution in [0, 0.1) is 0 Å². The van der Waals surface area contributed by atoms with Crippen LogP contribution < -0.4 is 5.32 Å². The first-order valence-corrected chi connectivity index (χ1v) is 6.50. The molecule has 0 fully saturated rings. The number of hydrogen-bond donors (Lipinski definition) is 1. The van der Waals surface area contributed by atoms with Crippen LogP contribution in [-0.4, -0.2) is 43.3 Å². The Kier molecular flexibility index (Phi) is 3.55. The van der Waals surface area contributed by atoms with Crippen molar-refractivity contribution in [3.8, 4) is 0 Å². The molecule has 0 saturated carbocycles. The Morgan fingerprint density at radius 3 is 3.19 bits per heavy atom. The lowest BCUT2D eigenvalue weighted by molar-refractivity contribution is 0.716. The van der Waals surface area contributed by atoms with Gasteiger partial charge < -0.3 is 5.32 Å². The van der Waals surface area contributed by atoms with E-state index in [0.29, 0.717) is 11.7 Å². The van der Waals surface area contributed by atoms with Gasteiger partial charge in [-0.2, -0.15) is 11.8 Å². The summed E-state index contributed by atoms with van der Waals surface area (Å²) in [6.45, 7) is 2.14. The Morgan fingerprint density at radius 2 is 2.38 bits per heavy atom. The molecule has 0 aliphatic rings. The Balaban J connectivity index is 2.03. The van der Waals surface area contributed by atoms with E-state index in [4.69, 9.17) is 0 Å². The van der Waals surface area contributed by atoms with E-state index in [1.165, 1.54) is 4.63 Å². The van der Waals surface area contributed by atoms with Crippen molar-refractivity contribution in [1.82, 2.24) is 25.3 Å². The first-order valence-electron chi connectivity index (χ1n) is 5.10. The van der Waals surface area contributed by atoms with Crippen molar-refractivity contribution in [3.63, 3.8) is 0 Å². The van der Waals surface area contributed by atoms with Gasteiger partial charge in [-0.15, -0.1) is 14.8 Å². The van der Waals surface area contributed by atoms with Crippen LogP contribution in [0.3, 0.4) is 0 Å². The molecule has 0 aliphatic carbocycles. The van der Waals surface area contributed by atoms with Crippen LogP contribution in [0.25, 0.3) is 5.65 Å². The molecule has 6 nitrogen and oxygen atoms in total. The molecule has 0 radical (unpaired) electrons. The monoisotopic (exact) mass is 238 g/mol. The summed E-state index contributed by atoms with van der Waals surface area (Å²) >= 11 is 1.85. The van der Waals surface area contributed by atoms with Crippen molar-refractivity contribution in [2.45, 2.75) is 19.4 Å². The molecule has 0 spiro atoms. The summed E-state index contributed by atoms with van der Waals surface area (Å²) in [6, 6.07) is 4.13. The van der Waals surface area contributed by atoms with E-state index in [1.807, 2.05) is 23.9 Å². The smallest absolute Gasteiger partial charge is 0.200 e. The van der Waals surface area contributed by atoms with Gasteiger partial charge in [-0.1, -0.05) is 0 Å². The van der Waals surface area contributed by atoms with E-state index in [2.05, 4.69) is 39.1 Å². The van der Waals surface area contributed by atoms with Gasteiger partial charge in [0.25, 0.3) is 0 Å². The predicted octanol–water partition coefficient (Wildman–Crippen LogP) is 1.07. The number of fused-ring (bicyclic) bond motifs is 1. The number of tetrazole rings is 1. The maximum Gasteiger partial charge on any atom is 0.200 e. The third-order valence-corrected chi connectivity index (χ3v) is 2.86. The number of nitrogens with one attached hydrogen (secondary N) is 1. The molecule has 2 heterocycles. The van der Waals surface area contributed by atoms with Crippen LogP contribution >= 0.6 is 11.8 Å². The molecule has 1 N–H and O–H groups in total. The van der Waals surface area contributed by atoms with E-state index in [9.17, 15) is 0 Å². The van der Waals surface area contributed by atoms with E-state index < -0.39 is 0 Å². The van der Waals surface area contributed by atoms with E-state index in [-0.39, 0.29) is 0 Å². The highest BCUT2D eigenvalue weighted by Gasteiger charge is 2.04. The maximum absolute atomic E-state index is 4.25. The molecule has 0 bridgehead atoms. The fraction of sp³-hybridized carbons (Fsp3) is 0.556. The molecule has 2 aromatic heterocycles. The van der Waals surface area contributed by atoms with Gasteiger partial charge >= 0.3 is 0 Å². The van der Waals surface area contributed by atoms with Crippen LogP contribution in [0.5, 0.6) is 0 Å². The predicted molar refractivity (Wildman–Crippen MR) is 64.7 cm³/mol. The minimum absolute atomic E-state index is 0.397. The lowest BCUT2D eigenvalue weighted by Gasteiger charge is -2.13. The van der Waals surface area contributed by atoms with Gasteiger partial charge in [0.1, 0.15) is 5.82 Å². The summed E-state index contributed by atoms with van der Waals surface area (Å²) in [5.41, 5.74) is 0.655. The van der Waals surface area contributed by atoms with Crippen LogP contribution in [-0.2, 0) is 0 Å². The first-order chi connectivity index (χ1) is 7.79. The van der Waals surface area contributed by atoms with E-state index in [1.54, 1.807) is 0 Å². The number of anilines is 1. The molecule has 0 saturated heterocycles. The van der Waals surface area contributed by atoms with Crippen molar-refractivity contribution >= 4 is 23.2 Å². The number of rotatable bonds is 5. The zero-order valence-electron chi connectivity index (χ0n) is 9.29. The molecule has 0 amide bonds. The van der Waals surface area contributed by atoms with Crippen molar-refractivity contribution in [3.05, 3.63) is 12.1 Å². The number of hydrogen-bond acceptors (Lipinski definition) is 6. The van der Waals surface area contributed by atoms with Gasteiger partial charge in [-0.05, 0) is 47.9 Å². The summed E-state index contributed by atoms with van der Waals surface area (Å²) in [6.07, 6.45) is 3.22. The molecule has 0 aromatic carbocycles. The highest BCUT2D eigenvalue weighted by Crippen LogP contribution is 2.08. The van der Waals surface area contributed by atoms with Gasteiger partial charge in [-0.25, -0.2) is 0 Å². The Bertz CT molecular complexity index is 456. The minimum atomic E-state index is 0.397. The van der Waals surface area contributed by atoms with E-state index in [0.717, 1.165) is 18.0 Å². The fourth-order valence-electron chi connectivity index (χ4n) is 1.35. The lowest BCUT2D eigenvalue weighted by Crippen LogP contribution is -2.17. The minimum Gasteiger partial charge on any atom is -0.366 e. The number of nitrogens with zero attached hydrogens (tertiary/aromatic N) is 5. The second kappa shape index (κ2) is 5.11. The van der Waals surface area contributed by atoms with Gasteiger partial charge in [0, 0.05) is 6.04 Å². The lowest BCUT2D eigenvalue weighted by atomic mass is 10.2. The quantitative estimate of drug-likeness (QED) is 0.840. The van der Waals surface area contributed by atoms with Crippen molar-refractivity contribution in [1.29, 1.82) is 0 Å². The van der Waals surface area contributed by atoms with Crippen molar-refractivity contribution < 1.29 is 0 Å². The zero-order valence-corrected chi connectivity index (χ0v) is 10.1. The Hall–Kier alpha value is -1.37. The largest absolute Gasteiger partial charge is 0.366 e. The topological polar surface area (TPSA) is 68.0 Å². The molecule has 86 valence electrons. The van der Waals surface area contributed by atoms with Crippen LogP contribution in [0.15, 0.2) is 12.1 Å². The normalized spacial score (nSPS) is 12.9. The van der Waals surface area contributed by atoms with Crippen molar-refractivity contribution in [2.24, 2.45) is 0 Å². The highest BCUT2D eigenvalue weighted by molar-refractivity contribution is 7.98. The highest BCUT2D eigenvalue weighted by atomic mass is 32.2. The molecular weight excluding hydrogens is 224 g/mol. The summed E-state index contributed by atoms with van der Waals surface area (Å²) in [7, 11) is 0. The average molecular weight is 238 g/mol. The average Bonchev–Trinajstić information content (AvgIpc) is 2.73. The number of thioether (sulfide) groups is 1. The zero-order chi connectivity index (χ0) is 11.4. The molecule has 16 heavy (non-hydrogen) atoms. The summed E-state index contributed by atoms with van der Waals surface area (Å²) in [5.74, 6) is 1.94. The Labute approximate surface area is 97.8 Å². The van der Waals surface area contributed by atoms with Crippen LogP contribution in [0.2, 0.25) is 0 Å². The van der Waals surface area contributed by atoms with Crippen LogP contribution in [0.1, 0.15) is 13.3 Å². The third-order valence-electron chi connectivity index (χ3n) is 2.22. The molecule has 7 heteroatoms. The molecule has 0 aliphatic heterocycles. The second-order valence-corrected chi connectivity index (χ2v) is 4.56. The van der Waals surface area contributed by atoms with E-state index >= 15 is 0 Å². The summed E-state index contributed by atoms with van der Waals surface area (Å²) in [5, 5.41) is 18.7. The van der Waals surface area contributed by atoms with Crippen LogP contribution in [0.4, 0.5) is 5.82 Å². The van der Waals surface area contributed by atoms with Gasteiger partial charge in [0.15, 0.2) is 5.65 Å². The fourth-order valence-corrected chi connectivity index (χ4v) is 1.94. The second-order valence-electron chi connectivity index (χ2n) is 3.57. The third kappa shape index (κ3) is 2.60. The SMILES string of the molecule is CSCCC(C)Nc1ccc2nnnn2n1. The maximum atomic E-state index is 4.25. The standard InChI is InChI=1S/C9H14N6S/c1-7(5-6-16-2)10-8-3-4-9-11-13-14-15(9)12-8/h3-4,7H,5-6H2,1-2H3,(H,10,12).